The molecular weight excluding hydrogens is 1860 g/mol. The van der Waals surface area contributed by atoms with E-state index >= 15 is 0 Å². The number of amides is 3. The third kappa shape index (κ3) is 39.5. The number of carbonyl (C=O) groups is 11. The van der Waals surface area contributed by atoms with Crippen molar-refractivity contribution >= 4 is 76.1 Å². The first-order chi connectivity index (χ1) is 67.7. The Morgan fingerprint density at radius 1 is 0.430 bits per heavy atom. The number of carbonyl (C=O) groups excluding carboxylic acids is 10. The highest BCUT2D eigenvalue weighted by atomic mass is 35.5. The van der Waals surface area contributed by atoms with Crippen molar-refractivity contribution < 1.29 is 141 Å². The number of carboxylic acids is 1. The van der Waals surface area contributed by atoms with Crippen LogP contribution in [0.5, 0.6) is 23.0 Å². The Hall–Kier alpha value is -11.2. The highest BCUT2D eigenvalue weighted by Crippen LogP contribution is 2.36. The highest BCUT2D eigenvalue weighted by molar-refractivity contribution is 6.15. The molecule has 780 valence electrons. The first-order valence-electron chi connectivity index (χ1n) is 46.9. The molecule has 3 amide bonds. The molecule has 4 saturated heterocycles. The van der Waals surface area contributed by atoms with Gasteiger partial charge in [-0.3, -0.25) is 62.5 Å². The number of halogens is 1. The van der Waals surface area contributed by atoms with Crippen molar-refractivity contribution in [1.29, 1.82) is 0 Å². The molecule has 142 heavy (non-hydrogen) atoms. The van der Waals surface area contributed by atoms with Crippen LogP contribution in [0.1, 0.15) is 163 Å². The number of hydrogen-bond donors (Lipinski definition) is 14. The molecule has 0 aromatic heterocycles. The number of nitrogens with zero attached hydrogens (tertiary/aromatic N) is 2. The minimum atomic E-state index is -1.44. The lowest BCUT2D eigenvalue weighted by atomic mass is 9.86. The maximum Gasteiger partial charge on any atom is 0.326 e. The highest BCUT2D eigenvalue weighted by Gasteiger charge is 2.51. The monoisotopic (exact) mass is 2000 g/mol. The minimum Gasteiger partial charge on any atom is -0.497 e. The van der Waals surface area contributed by atoms with Crippen molar-refractivity contribution in [2.75, 3.05) is 134 Å². The molecule has 4 heterocycles. The van der Waals surface area contributed by atoms with Crippen LogP contribution in [0, 0.1) is 17.8 Å². The van der Waals surface area contributed by atoms with Crippen LogP contribution in [0.2, 0.25) is 0 Å². The number of alkyl halides is 1. The van der Waals surface area contributed by atoms with Crippen molar-refractivity contribution in [2.24, 2.45) is 35.0 Å². The molecule has 0 saturated carbocycles. The molecule has 6 aromatic carbocycles. The molecule has 37 nitrogen and oxygen atoms in total. The van der Waals surface area contributed by atoms with E-state index in [1.54, 1.807) is 111 Å². The number of nitrogens with two attached hydrogens (primary N) is 3. The Morgan fingerprint density at radius 2 is 0.782 bits per heavy atom. The zero-order valence-corrected chi connectivity index (χ0v) is 81.8. The van der Waals surface area contributed by atoms with Gasteiger partial charge in [-0.1, -0.05) is 140 Å². The van der Waals surface area contributed by atoms with E-state index < -0.39 is 169 Å². The summed E-state index contributed by atoms with van der Waals surface area (Å²) >= 11 is 4.64. The second-order valence-electron chi connectivity index (χ2n) is 35.0. The predicted molar refractivity (Wildman–Crippen MR) is 526 cm³/mol. The maximum absolute atomic E-state index is 13.9. The van der Waals surface area contributed by atoms with Gasteiger partial charge < -0.3 is 121 Å². The number of hydrogen-bond acceptors (Lipinski definition) is 33. The van der Waals surface area contributed by atoms with Crippen molar-refractivity contribution in [3.8, 4) is 23.0 Å². The molecule has 0 bridgehead atoms. The third-order valence-corrected chi connectivity index (χ3v) is 24.5. The third-order valence-electron chi connectivity index (χ3n) is 24.5. The molecule has 6 aliphatic rings. The normalized spacial score (nSPS) is 19.1. The van der Waals surface area contributed by atoms with Crippen LogP contribution in [0.25, 0.3) is 0 Å². The Bertz CT molecular complexity index is 4950. The second kappa shape index (κ2) is 62.4. The maximum atomic E-state index is 13.9. The number of aliphatic hydroxyl groups is 7. The van der Waals surface area contributed by atoms with Gasteiger partial charge in [-0.2, -0.15) is 0 Å². The van der Waals surface area contributed by atoms with E-state index in [-0.39, 0.29) is 64.4 Å². The molecule has 4 aliphatic heterocycles. The lowest BCUT2D eigenvalue weighted by molar-refractivity contribution is -0.156. The van der Waals surface area contributed by atoms with Crippen LogP contribution < -0.4 is 52.1 Å². The first-order valence-corrected chi connectivity index (χ1v) is 47.6. The first kappa shape index (κ1) is 120. The molecule has 2 aliphatic carbocycles. The molecule has 0 spiro atoms. The number of nitrogens with one attached hydrogen (secondary N) is 3. The number of methoxy groups -OCH3 is 4. The van der Waals surface area contributed by atoms with Crippen LogP contribution in [-0.2, 0) is 94.4 Å². The van der Waals surface area contributed by atoms with Crippen molar-refractivity contribution in [2.45, 2.75) is 190 Å². The number of aliphatic carboxylic acids is 1. The Labute approximate surface area is 834 Å². The van der Waals surface area contributed by atoms with E-state index in [2.05, 4.69) is 39.7 Å². The van der Waals surface area contributed by atoms with Crippen molar-refractivity contribution in [3.05, 3.63) is 214 Å². The summed E-state index contributed by atoms with van der Waals surface area (Å²) in [6, 6.07) is 38.1. The van der Waals surface area contributed by atoms with Crippen LogP contribution in [-0.4, -0.2) is 296 Å². The van der Waals surface area contributed by atoms with Crippen molar-refractivity contribution in [3.63, 3.8) is 0 Å². The number of allylic oxidation sites excluding steroid dienone is 2. The van der Waals surface area contributed by atoms with Crippen LogP contribution in [0.4, 0.5) is 0 Å². The summed E-state index contributed by atoms with van der Waals surface area (Å²) in [7, 11) is 6.06. The summed E-state index contributed by atoms with van der Waals surface area (Å²) in [5, 5.41) is 88.7. The van der Waals surface area contributed by atoms with Gasteiger partial charge in [0.15, 0.2) is 28.9 Å². The molecular formula is C104H143ClN8O29. The van der Waals surface area contributed by atoms with Crippen LogP contribution >= 0.6 is 11.6 Å². The van der Waals surface area contributed by atoms with E-state index in [1.165, 1.54) is 58.3 Å². The Balaban J connectivity index is 0.000000280. The number of benzene rings is 6. The number of carboxylic acid groups (broad SMARTS) is 1. The molecule has 17 N–H and O–H groups in total. The summed E-state index contributed by atoms with van der Waals surface area (Å²) in [6.45, 7) is 6.99. The molecule has 0 unspecified atom stereocenters. The zero-order chi connectivity index (χ0) is 103. The smallest absolute Gasteiger partial charge is 0.326 e. The quantitative estimate of drug-likeness (QED) is 0.00866. The number of morpholine rings is 2. The second-order valence-corrected chi connectivity index (χ2v) is 35.0. The SMILES string of the molecule is C.CCl.COc1ccc([C@@H](O)[C@H](CC(=O)[C@@H](N)CO)C(=O)OCc2ccccc2)cc1.COc1ccc([C@@H](O)[C@H](CC(=O)[C@H](CO)NC(=O)CN2CCOCC2)C(=O)N[C@@H](CC2=CCCCC2)C(=O)[C@@]2(C)CO2)cc1.COc1ccc([C@@H](O)[C@H](CC(=O)[C@H](CO)NC(=O)CN2CCOCC2)C(=O)O)cc1.COc1ccc([C@@H](O)[C@H](N)C(=O)OCc2ccccc2)cc1.C[C@]1(C(=O)[C@@H](N)CC2=CCCCC2)CO1. The molecule has 38 heteroatoms. The number of esters is 2. The molecule has 12 rings (SSSR count). The Morgan fingerprint density at radius 3 is 1.14 bits per heavy atom. The fourth-order valence-electron chi connectivity index (χ4n) is 15.5. The summed E-state index contributed by atoms with van der Waals surface area (Å²) in [5.74, 6) is -7.88. The van der Waals surface area contributed by atoms with Gasteiger partial charge in [0.1, 0.15) is 71.6 Å². The molecule has 4 fully saturated rings. The van der Waals surface area contributed by atoms with Gasteiger partial charge in [0, 0.05) is 51.8 Å². The topological polar surface area (TPSA) is 569 Å². The van der Waals surface area contributed by atoms with E-state index in [4.69, 9.17) is 69.7 Å². The lowest BCUT2D eigenvalue weighted by Crippen LogP contribution is -2.51. The number of ketones is 5. The predicted octanol–water partition coefficient (Wildman–Crippen LogP) is 6.26. The largest absolute Gasteiger partial charge is 0.497 e. The number of epoxide rings is 2. The standard InChI is InChI=1S/C32H45N3O9.C21H25NO6.C20H28N2O8.C17H19NO4.C12H19NO2.CH3Cl.CH4/c1-32(20-44-32)30(40)25(16-21-6-4-3-5-7-21)34-31(41)24(29(39)22-8-10-23(42-2)11-9-22)17-27(37)26(19-36)33-28(38)18-35-12-14-43-15-13-35;1-27-16-9-7-15(8-10-16)20(25)17(11-19(24)18(22)12-23)21(26)28-13-14-5-3-2-4-6-14;1-29-14-4-2-13(3-5-14)19(26)15(20(27)28)10-17(24)16(12-23)21-18(25)11-22-6-8-30-9-7-22;1-21-14-9-7-13(8-10-14)16(19)15(18)17(20)22-11-12-5-3-2-4-6-12;1-12(8-15-12)11(14)10(13)7-9-5-3-2-4-6-9;1-2;/h6,8-11,24-26,29,36,39H,3-5,7,12-20H2,1-2H3,(H,33,38)(H,34,41);2-10,17-18,20,23,25H,11-13,22H2,1H3;2-5,15-16,19,23,26H,6-12H2,1H3,(H,21,25)(H,27,28);2-10,15-16,19H,11,18H2,1H3;5,10H,2-4,6-8,13H2,1H3;1H3;1H4/t24-,25-,26-,29+,32+;17-,18-,20+;15-,16-,19+;15-,16+;10-,12+;;/m00000../s1. The molecule has 15 atom stereocenters. The number of aliphatic hydroxyl groups excluding tert-OH is 7. The minimum absolute atomic E-state index is 0. The van der Waals surface area contributed by atoms with Gasteiger partial charge in [0.05, 0.1) is 155 Å². The summed E-state index contributed by atoms with van der Waals surface area (Å²) in [6.07, 6.45) is 8.77. The zero-order valence-electron chi connectivity index (χ0n) is 81.0. The molecule has 6 aromatic rings. The van der Waals surface area contributed by atoms with Crippen LogP contribution in [0.3, 0.4) is 0 Å². The average Bonchev–Trinajstić information content (AvgIpc) is 1.65. The van der Waals surface area contributed by atoms with Gasteiger partial charge >= 0.3 is 17.9 Å². The van der Waals surface area contributed by atoms with E-state index in [0.29, 0.717) is 111 Å². The van der Waals surface area contributed by atoms with Crippen LogP contribution in [0.15, 0.2) is 181 Å². The fraction of sp³-hybridized carbons (Fsp3) is 0.510. The van der Waals surface area contributed by atoms with E-state index in [1.807, 2.05) is 65.3 Å². The van der Waals surface area contributed by atoms with Gasteiger partial charge in [-0.15, -0.1) is 11.6 Å². The molecule has 0 radical (unpaired) electrons. The van der Waals surface area contributed by atoms with Gasteiger partial charge in [0.25, 0.3) is 0 Å². The number of ether oxygens (including phenoxy) is 10. The number of Topliss-reactive ketones (excluding diaryl/α,β-unsaturated/α-hetero) is 5. The van der Waals surface area contributed by atoms with E-state index in [9.17, 15) is 88.5 Å². The van der Waals surface area contributed by atoms with Crippen molar-refractivity contribution in [1.82, 2.24) is 25.8 Å². The van der Waals surface area contributed by atoms with E-state index in [0.717, 1.165) is 61.6 Å². The summed E-state index contributed by atoms with van der Waals surface area (Å²) < 4.78 is 51.8. The summed E-state index contributed by atoms with van der Waals surface area (Å²) in [4.78, 5) is 142. The lowest BCUT2D eigenvalue weighted by Gasteiger charge is -2.28. The van der Waals surface area contributed by atoms with Gasteiger partial charge in [-0.25, -0.2) is 0 Å². The fourth-order valence-corrected chi connectivity index (χ4v) is 15.5. The average molecular weight is 2000 g/mol. The Kier molecular flexibility index (Phi) is 52.5. The summed E-state index contributed by atoms with van der Waals surface area (Å²) in [5.41, 5.74) is 21.4. The number of rotatable bonds is 47. The van der Waals surface area contributed by atoms with Gasteiger partial charge in [0.2, 0.25) is 17.7 Å². The van der Waals surface area contributed by atoms with Gasteiger partial charge in [-0.05, 0) is 160 Å².